The molecule has 3 atom stereocenters. The molecule has 5 nitrogen and oxygen atoms in total. The number of pyridine rings is 1. The number of nitrogens with zero attached hydrogens (tertiary/aromatic N) is 1. The van der Waals surface area contributed by atoms with Crippen LogP contribution in [0.25, 0.3) is 11.1 Å². The fourth-order valence-corrected chi connectivity index (χ4v) is 4.86. The van der Waals surface area contributed by atoms with Crippen molar-refractivity contribution in [3.8, 4) is 11.1 Å². The molecule has 2 N–H and O–H groups in total. The predicted octanol–water partition coefficient (Wildman–Crippen LogP) is 5.37. The average molecular weight is 488 g/mol. The lowest BCUT2D eigenvalue weighted by Crippen LogP contribution is -2.45. The van der Waals surface area contributed by atoms with E-state index >= 15 is 4.39 Å². The number of halogens is 1. The highest BCUT2D eigenvalue weighted by Crippen LogP contribution is 2.36. The lowest BCUT2D eigenvalue weighted by atomic mass is 9.84. The van der Waals surface area contributed by atoms with Crippen molar-refractivity contribution >= 4 is 11.7 Å². The van der Waals surface area contributed by atoms with Gasteiger partial charge in [-0.3, -0.25) is 14.6 Å². The highest BCUT2D eigenvalue weighted by Gasteiger charge is 2.33. The number of hydrogen-bond acceptors (Lipinski definition) is 4. The molecule has 1 amide bonds. The summed E-state index contributed by atoms with van der Waals surface area (Å²) in [6.07, 6.45) is 3.74. The van der Waals surface area contributed by atoms with Crippen molar-refractivity contribution in [3.63, 3.8) is 0 Å². The third kappa shape index (κ3) is 5.71. The molecule has 1 aliphatic rings. The molecule has 0 saturated carbocycles. The Morgan fingerprint density at radius 1 is 1.03 bits per heavy atom. The van der Waals surface area contributed by atoms with E-state index in [0.717, 1.165) is 18.7 Å². The van der Waals surface area contributed by atoms with E-state index in [0.29, 0.717) is 35.1 Å². The van der Waals surface area contributed by atoms with E-state index in [1.807, 2.05) is 69.3 Å². The molecule has 3 aromatic rings. The summed E-state index contributed by atoms with van der Waals surface area (Å²) in [6, 6.07) is 17.1. The van der Waals surface area contributed by atoms with Gasteiger partial charge >= 0.3 is 0 Å². The van der Waals surface area contributed by atoms with Crippen molar-refractivity contribution in [1.29, 1.82) is 0 Å². The van der Waals surface area contributed by atoms with Crippen molar-refractivity contribution in [2.45, 2.75) is 58.0 Å². The lowest BCUT2D eigenvalue weighted by Gasteiger charge is -2.26. The van der Waals surface area contributed by atoms with Gasteiger partial charge in [0, 0.05) is 23.4 Å². The fraction of sp³-hybridized carbons (Fsp3) is 0.367. The van der Waals surface area contributed by atoms with E-state index < -0.39 is 12.0 Å². The van der Waals surface area contributed by atoms with Crippen LogP contribution in [0.2, 0.25) is 0 Å². The van der Waals surface area contributed by atoms with Crippen LogP contribution in [0.15, 0.2) is 66.9 Å². The molecule has 0 radical (unpaired) electrons. The van der Waals surface area contributed by atoms with Crippen LogP contribution in [0, 0.1) is 11.7 Å². The van der Waals surface area contributed by atoms with Crippen LogP contribution in [0.1, 0.15) is 62.4 Å². The average Bonchev–Trinajstić information content (AvgIpc) is 3.43. The maximum atomic E-state index is 16.0. The van der Waals surface area contributed by atoms with Gasteiger partial charge in [0.1, 0.15) is 11.9 Å². The second kappa shape index (κ2) is 11.6. The van der Waals surface area contributed by atoms with Gasteiger partial charge in [-0.05, 0) is 60.5 Å². The molecule has 1 saturated heterocycles. The van der Waals surface area contributed by atoms with E-state index in [2.05, 4.69) is 15.6 Å². The fourth-order valence-electron chi connectivity index (χ4n) is 4.86. The summed E-state index contributed by atoms with van der Waals surface area (Å²) >= 11 is 0. The molecule has 2 aromatic carbocycles. The molecule has 0 spiro atoms. The van der Waals surface area contributed by atoms with Gasteiger partial charge in [0.05, 0.1) is 6.04 Å². The van der Waals surface area contributed by atoms with Crippen LogP contribution >= 0.6 is 0 Å². The first-order chi connectivity index (χ1) is 17.4. The number of ketones is 1. The number of rotatable bonds is 9. The van der Waals surface area contributed by atoms with E-state index in [9.17, 15) is 9.59 Å². The third-order valence-electron chi connectivity index (χ3n) is 6.87. The Labute approximate surface area is 212 Å². The molecular weight excluding hydrogens is 453 g/mol. The highest BCUT2D eigenvalue weighted by atomic mass is 19.1. The molecule has 36 heavy (non-hydrogen) atoms. The summed E-state index contributed by atoms with van der Waals surface area (Å²) in [7, 11) is 0. The smallest absolute Gasteiger partial charge is 0.237 e. The minimum Gasteiger partial charge on any atom is -0.341 e. The molecule has 188 valence electrons. The molecule has 3 unspecified atom stereocenters. The molecule has 1 aromatic heterocycles. The van der Waals surface area contributed by atoms with Gasteiger partial charge in [0.15, 0.2) is 5.78 Å². The molecule has 1 aliphatic heterocycles. The number of carbonyl (C=O) groups is 2. The van der Waals surface area contributed by atoms with Gasteiger partial charge < -0.3 is 10.6 Å². The normalized spacial score (nSPS) is 17.1. The van der Waals surface area contributed by atoms with E-state index in [1.54, 1.807) is 18.3 Å². The van der Waals surface area contributed by atoms with Crippen LogP contribution in [0.5, 0.6) is 0 Å². The van der Waals surface area contributed by atoms with Gasteiger partial charge in [-0.1, -0.05) is 69.3 Å². The maximum absolute atomic E-state index is 16.0. The summed E-state index contributed by atoms with van der Waals surface area (Å²) in [4.78, 5) is 31.5. The summed E-state index contributed by atoms with van der Waals surface area (Å²) in [5.41, 5.74) is 2.90. The minimum absolute atomic E-state index is 0.0315. The number of benzene rings is 2. The van der Waals surface area contributed by atoms with Gasteiger partial charge in [-0.2, -0.15) is 0 Å². The summed E-state index contributed by atoms with van der Waals surface area (Å²) in [5.74, 6) is -1.21. The van der Waals surface area contributed by atoms with Gasteiger partial charge in [0.25, 0.3) is 0 Å². The van der Waals surface area contributed by atoms with Crippen LogP contribution in [-0.2, 0) is 16.0 Å². The Morgan fingerprint density at radius 3 is 2.39 bits per heavy atom. The summed E-state index contributed by atoms with van der Waals surface area (Å²) < 4.78 is 16.0. The van der Waals surface area contributed by atoms with E-state index in [4.69, 9.17) is 0 Å². The molecule has 4 rings (SSSR count). The first-order valence-corrected chi connectivity index (χ1v) is 12.7. The number of hydrogen-bond donors (Lipinski definition) is 2. The number of amides is 1. The van der Waals surface area contributed by atoms with Crippen LogP contribution in [-0.4, -0.2) is 29.3 Å². The van der Waals surface area contributed by atoms with Crippen molar-refractivity contribution in [1.82, 2.24) is 15.6 Å². The van der Waals surface area contributed by atoms with Crippen molar-refractivity contribution in [2.75, 3.05) is 6.54 Å². The Balaban J connectivity index is 1.78. The summed E-state index contributed by atoms with van der Waals surface area (Å²) in [5, 5.41) is 6.19. The Morgan fingerprint density at radius 2 is 1.75 bits per heavy atom. The molecule has 0 bridgehead atoms. The Bertz CT molecular complexity index is 1190. The molecule has 2 heterocycles. The number of Topliss-reactive ketones (excluding diaryl/α,β-unsaturated/α-hetero) is 1. The zero-order valence-corrected chi connectivity index (χ0v) is 21.1. The van der Waals surface area contributed by atoms with Crippen LogP contribution in [0.4, 0.5) is 4.39 Å². The Hall–Kier alpha value is -3.38. The van der Waals surface area contributed by atoms with Gasteiger partial charge in [-0.15, -0.1) is 0 Å². The number of aromatic nitrogens is 1. The first kappa shape index (κ1) is 25.7. The third-order valence-corrected chi connectivity index (χ3v) is 6.87. The minimum atomic E-state index is -0.982. The number of carbonyl (C=O) groups excluding carboxylic acids is 2. The van der Waals surface area contributed by atoms with Crippen LogP contribution in [0.3, 0.4) is 0 Å². The zero-order valence-electron chi connectivity index (χ0n) is 21.1. The standard InChI is InChI=1S/C30H34FN3O2/c1-19(2)23-14-15-24(26(27(23)31)21-10-5-4-6-11-21)28(34-30(36)25-13-9-17-33-25)29(35)20(3)18-22-12-7-8-16-32-22/h4-8,10-12,14-16,19-20,25,28,33H,9,13,17-18H2,1-3H3,(H,34,36). The zero-order chi connectivity index (χ0) is 25.7. The van der Waals surface area contributed by atoms with Crippen LogP contribution < -0.4 is 10.6 Å². The largest absolute Gasteiger partial charge is 0.341 e. The predicted molar refractivity (Wildman–Crippen MR) is 140 cm³/mol. The van der Waals surface area contributed by atoms with E-state index in [1.165, 1.54) is 0 Å². The monoisotopic (exact) mass is 487 g/mol. The quantitative estimate of drug-likeness (QED) is 0.426. The second-order valence-electron chi connectivity index (χ2n) is 9.87. The van der Waals surface area contributed by atoms with E-state index in [-0.39, 0.29) is 29.5 Å². The molecular formula is C30H34FN3O2. The van der Waals surface area contributed by atoms with Gasteiger partial charge in [-0.25, -0.2) is 4.39 Å². The maximum Gasteiger partial charge on any atom is 0.237 e. The van der Waals surface area contributed by atoms with Gasteiger partial charge in [0.2, 0.25) is 5.91 Å². The molecule has 6 heteroatoms. The highest BCUT2D eigenvalue weighted by molar-refractivity contribution is 5.94. The lowest BCUT2D eigenvalue weighted by molar-refractivity contribution is -0.130. The first-order valence-electron chi connectivity index (χ1n) is 12.7. The van der Waals surface area contributed by atoms with Crippen molar-refractivity contribution in [3.05, 3.63) is 89.5 Å². The molecule has 1 fully saturated rings. The van der Waals surface area contributed by atoms with Crippen molar-refractivity contribution < 1.29 is 14.0 Å². The topological polar surface area (TPSA) is 71.1 Å². The molecule has 0 aliphatic carbocycles. The summed E-state index contributed by atoms with van der Waals surface area (Å²) in [6.45, 7) is 6.49. The number of nitrogens with one attached hydrogen (secondary N) is 2. The Kier molecular flexibility index (Phi) is 8.26. The van der Waals surface area contributed by atoms with Crippen molar-refractivity contribution in [2.24, 2.45) is 5.92 Å². The SMILES string of the molecule is CC(Cc1ccccn1)C(=O)C(NC(=O)C1CCCN1)c1ccc(C(C)C)c(F)c1-c1ccccc1. The second-order valence-corrected chi connectivity index (χ2v) is 9.87.